The summed E-state index contributed by atoms with van der Waals surface area (Å²) in [5.41, 5.74) is 1.71. The summed E-state index contributed by atoms with van der Waals surface area (Å²) in [6, 6.07) is 12.9. The number of thiophene rings is 1. The van der Waals surface area contributed by atoms with Crippen molar-refractivity contribution in [2.45, 2.75) is 13.0 Å². The zero-order chi connectivity index (χ0) is 20.4. The molecule has 0 amide bonds. The van der Waals surface area contributed by atoms with Gasteiger partial charge in [0.05, 0.1) is 15.8 Å². The third kappa shape index (κ3) is 3.66. The lowest BCUT2D eigenvalue weighted by molar-refractivity contribution is -0.138. The molecule has 29 heavy (non-hydrogen) atoms. The molecule has 0 fully saturated rings. The van der Waals surface area contributed by atoms with Crippen LogP contribution >= 0.6 is 22.7 Å². The highest BCUT2D eigenvalue weighted by Crippen LogP contribution is 2.33. The SMILES string of the molecule is C=CCOC(=O)C1=C(C)N=c2sc(=Cc3ccccc3)c(=O)n2C1c1cccs1. The highest BCUT2D eigenvalue weighted by molar-refractivity contribution is 7.10. The third-order valence-corrected chi connectivity index (χ3v) is 6.39. The van der Waals surface area contributed by atoms with Crippen LogP contribution in [0.15, 0.2) is 81.6 Å². The van der Waals surface area contributed by atoms with E-state index in [0.29, 0.717) is 20.6 Å². The summed E-state index contributed by atoms with van der Waals surface area (Å²) in [6.45, 7) is 5.47. The van der Waals surface area contributed by atoms with E-state index in [1.807, 2.05) is 53.9 Å². The Morgan fingerprint density at radius 1 is 1.28 bits per heavy atom. The lowest BCUT2D eigenvalue weighted by Crippen LogP contribution is -2.39. The molecule has 0 saturated carbocycles. The van der Waals surface area contributed by atoms with E-state index in [4.69, 9.17) is 4.74 Å². The van der Waals surface area contributed by atoms with Crippen LogP contribution in [0.2, 0.25) is 0 Å². The number of rotatable bonds is 5. The molecule has 2 aromatic heterocycles. The summed E-state index contributed by atoms with van der Waals surface area (Å²) in [4.78, 5) is 32.1. The smallest absolute Gasteiger partial charge is 0.338 e. The van der Waals surface area contributed by atoms with Crippen molar-refractivity contribution in [2.75, 3.05) is 6.61 Å². The molecule has 1 aliphatic heterocycles. The lowest BCUT2D eigenvalue weighted by Gasteiger charge is -2.23. The first kappa shape index (κ1) is 19.3. The van der Waals surface area contributed by atoms with E-state index in [9.17, 15) is 9.59 Å². The summed E-state index contributed by atoms with van der Waals surface area (Å²) < 4.78 is 7.47. The first-order valence-corrected chi connectivity index (χ1v) is 10.7. The zero-order valence-electron chi connectivity index (χ0n) is 15.7. The van der Waals surface area contributed by atoms with E-state index >= 15 is 0 Å². The molecular weight excluding hydrogens is 404 g/mol. The number of allylic oxidation sites excluding steroid dienone is 1. The monoisotopic (exact) mass is 422 g/mol. The maximum atomic E-state index is 13.3. The minimum absolute atomic E-state index is 0.102. The van der Waals surface area contributed by atoms with Crippen LogP contribution in [-0.4, -0.2) is 17.1 Å². The molecule has 0 spiro atoms. The van der Waals surface area contributed by atoms with Crippen molar-refractivity contribution in [3.05, 3.63) is 102 Å². The fourth-order valence-electron chi connectivity index (χ4n) is 3.21. The number of fused-ring (bicyclic) bond motifs is 1. The van der Waals surface area contributed by atoms with Crippen LogP contribution in [0.25, 0.3) is 6.08 Å². The first-order chi connectivity index (χ1) is 14.1. The Morgan fingerprint density at radius 3 is 2.76 bits per heavy atom. The fraction of sp³-hybridized carbons (Fsp3) is 0.136. The van der Waals surface area contributed by atoms with Gasteiger partial charge >= 0.3 is 5.97 Å². The molecule has 4 rings (SSSR count). The van der Waals surface area contributed by atoms with Gasteiger partial charge in [0.15, 0.2) is 4.80 Å². The Hall–Kier alpha value is -3.03. The topological polar surface area (TPSA) is 60.7 Å². The lowest BCUT2D eigenvalue weighted by atomic mass is 10.0. The van der Waals surface area contributed by atoms with Crippen molar-refractivity contribution in [2.24, 2.45) is 4.99 Å². The van der Waals surface area contributed by atoms with Crippen LogP contribution < -0.4 is 14.9 Å². The van der Waals surface area contributed by atoms with Crippen molar-refractivity contribution in [3.8, 4) is 0 Å². The molecule has 1 aromatic carbocycles. The van der Waals surface area contributed by atoms with Crippen molar-refractivity contribution in [1.82, 2.24) is 4.57 Å². The Bertz CT molecular complexity index is 1270. The van der Waals surface area contributed by atoms with Gasteiger partial charge in [0.1, 0.15) is 12.6 Å². The number of nitrogens with zero attached hydrogens (tertiary/aromatic N) is 2. The molecule has 0 N–H and O–H groups in total. The molecule has 0 aliphatic carbocycles. The Balaban J connectivity index is 1.92. The van der Waals surface area contributed by atoms with Crippen molar-refractivity contribution >= 4 is 34.7 Å². The molecule has 146 valence electrons. The maximum Gasteiger partial charge on any atom is 0.338 e. The predicted octanol–water partition coefficient (Wildman–Crippen LogP) is 3.03. The Kier molecular flexibility index (Phi) is 5.42. The molecule has 3 aromatic rings. The molecule has 0 saturated heterocycles. The van der Waals surface area contributed by atoms with E-state index in [0.717, 1.165) is 10.4 Å². The fourth-order valence-corrected chi connectivity index (χ4v) is 5.08. The number of aromatic nitrogens is 1. The number of carbonyl (C=O) groups excluding carboxylic acids is 1. The van der Waals surface area contributed by atoms with Gasteiger partial charge in [-0.1, -0.05) is 60.4 Å². The van der Waals surface area contributed by atoms with Crippen LogP contribution in [-0.2, 0) is 9.53 Å². The Labute approximate surface area is 175 Å². The van der Waals surface area contributed by atoms with Crippen molar-refractivity contribution in [1.29, 1.82) is 0 Å². The number of benzene rings is 1. The summed E-state index contributed by atoms with van der Waals surface area (Å²) in [5, 5.41) is 1.93. The van der Waals surface area contributed by atoms with E-state index < -0.39 is 12.0 Å². The predicted molar refractivity (Wildman–Crippen MR) is 116 cm³/mol. The van der Waals surface area contributed by atoms with Gasteiger partial charge in [0, 0.05) is 4.88 Å². The van der Waals surface area contributed by atoms with E-state index in [1.54, 1.807) is 11.5 Å². The molecule has 7 heteroatoms. The van der Waals surface area contributed by atoms with Gasteiger partial charge in [0.2, 0.25) is 0 Å². The molecule has 0 bridgehead atoms. The van der Waals surface area contributed by atoms with Gasteiger partial charge in [-0.3, -0.25) is 9.36 Å². The minimum atomic E-state index is -0.554. The number of hydrogen-bond donors (Lipinski definition) is 0. The summed E-state index contributed by atoms with van der Waals surface area (Å²) in [6.07, 6.45) is 3.37. The van der Waals surface area contributed by atoms with Crippen LogP contribution in [0.1, 0.15) is 23.4 Å². The second kappa shape index (κ2) is 8.14. The van der Waals surface area contributed by atoms with Gasteiger partial charge in [-0.2, -0.15) is 0 Å². The number of esters is 1. The van der Waals surface area contributed by atoms with Gasteiger partial charge in [-0.05, 0) is 30.0 Å². The normalized spacial score (nSPS) is 16.3. The van der Waals surface area contributed by atoms with Crippen LogP contribution in [0.3, 0.4) is 0 Å². The van der Waals surface area contributed by atoms with E-state index in [-0.39, 0.29) is 12.2 Å². The summed E-state index contributed by atoms with van der Waals surface area (Å²) in [5.74, 6) is -0.484. The maximum absolute atomic E-state index is 13.3. The van der Waals surface area contributed by atoms with E-state index in [2.05, 4.69) is 11.6 Å². The zero-order valence-corrected chi connectivity index (χ0v) is 17.3. The van der Waals surface area contributed by atoms with Crippen molar-refractivity contribution < 1.29 is 9.53 Å². The average Bonchev–Trinajstić information content (AvgIpc) is 3.35. The molecule has 0 radical (unpaired) electrons. The first-order valence-electron chi connectivity index (χ1n) is 8.99. The van der Waals surface area contributed by atoms with Crippen molar-refractivity contribution in [3.63, 3.8) is 0 Å². The quantitative estimate of drug-likeness (QED) is 0.469. The number of carbonyl (C=O) groups is 1. The van der Waals surface area contributed by atoms with Crippen LogP contribution in [0.4, 0.5) is 0 Å². The van der Waals surface area contributed by atoms with E-state index in [1.165, 1.54) is 28.7 Å². The second-order valence-electron chi connectivity index (χ2n) is 6.40. The number of thiazole rings is 1. The standard InChI is InChI=1S/C22H18N2O3S2/c1-3-11-27-21(26)18-14(2)23-22-24(19(18)16-10-7-12-28-16)20(25)17(29-22)13-15-8-5-4-6-9-15/h3-10,12-13,19H,1,11H2,2H3. The highest BCUT2D eigenvalue weighted by atomic mass is 32.1. The van der Waals surface area contributed by atoms with Gasteiger partial charge < -0.3 is 4.74 Å². The molecular formula is C22H18N2O3S2. The average molecular weight is 423 g/mol. The molecule has 5 nitrogen and oxygen atoms in total. The van der Waals surface area contributed by atoms with Crippen LogP contribution in [0, 0.1) is 0 Å². The Morgan fingerprint density at radius 2 is 2.07 bits per heavy atom. The number of ether oxygens (including phenoxy) is 1. The minimum Gasteiger partial charge on any atom is -0.458 e. The van der Waals surface area contributed by atoms with Gasteiger partial charge in [-0.15, -0.1) is 11.3 Å². The van der Waals surface area contributed by atoms with Gasteiger partial charge in [0.25, 0.3) is 5.56 Å². The highest BCUT2D eigenvalue weighted by Gasteiger charge is 2.33. The largest absolute Gasteiger partial charge is 0.458 e. The number of hydrogen-bond acceptors (Lipinski definition) is 6. The second-order valence-corrected chi connectivity index (χ2v) is 8.38. The summed E-state index contributed by atoms with van der Waals surface area (Å²) in [7, 11) is 0. The molecule has 3 heterocycles. The molecule has 1 atom stereocenters. The molecule has 1 aliphatic rings. The van der Waals surface area contributed by atoms with Crippen LogP contribution in [0.5, 0.6) is 0 Å². The molecule has 1 unspecified atom stereocenters. The summed E-state index contributed by atoms with van der Waals surface area (Å²) >= 11 is 2.82. The third-order valence-electron chi connectivity index (χ3n) is 4.48. The van der Waals surface area contributed by atoms with Gasteiger partial charge in [-0.25, -0.2) is 9.79 Å².